The maximum absolute atomic E-state index is 12.7. The summed E-state index contributed by atoms with van der Waals surface area (Å²) in [6.45, 7) is 0. The summed E-state index contributed by atoms with van der Waals surface area (Å²) in [5.74, 6) is 0.959. The molecule has 1 aliphatic rings. The van der Waals surface area contributed by atoms with E-state index in [0.717, 1.165) is 29.1 Å². The number of carbonyl (C=O) groups is 1. The van der Waals surface area contributed by atoms with Crippen molar-refractivity contribution >= 4 is 23.4 Å². The second kappa shape index (κ2) is 6.45. The van der Waals surface area contributed by atoms with E-state index in [1.165, 1.54) is 11.9 Å². The van der Waals surface area contributed by atoms with Gasteiger partial charge in [-0.15, -0.1) is 16.9 Å². The zero-order chi connectivity index (χ0) is 16.4. The first-order valence-corrected chi connectivity index (χ1v) is 8.70. The summed E-state index contributed by atoms with van der Waals surface area (Å²) in [7, 11) is 0. The molecule has 3 aromatic rings. The Kier molecular flexibility index (Phi) is 4.00. The van der Waals surface area contributed by atoms with Crippen LogP contribution >= 0.6 is 11.8 Å². The Balaban J connectivity index is 1.56. The van der Waals surface area contributed by atoms with Crippen LogP contribution in [-0.4, -0.2) is 31.9 Å². The molecule has 6 nitrogen and oxygen atoms in total. The molecule has 0 radical (unpaired) electrons. The molecule has 2 aromatic carbocycles. The predicted molar refractivity (Wildman–Crippen MR) is 93.1 cm³/mol. The van der Waals surface area contributed by atoms with Gasteiger partial charge in [0.25, 0.3) is 0 Å². The third-order valence-electron chi connectivity index (χ3n) is 3.96. The zero-order valence-corrected chi connectivity index (χ0v) is 13.6. The Hall–Kier alpha value is -2.67. The first-order valence-electron chi connectivity index (χ1n) is 7.65. The summed E-state index contributed by atoms with van der Waals surface area (Å²) in [4.78, 5) is 12.7. The number of fused-ring (bicyclic) bond motifs is 1. The molecule has 120 valence electrons. The van der Waals surface area contributed by atoms with Gasteiger partial charge in [-0.05, 0) is 51.9 Å². The molecule has 1 atom stereocenters. The van der Waals surface area contributed by atoms with Gasteiger partial charge in [0.1, 0.15) is 11.6 Å². The van der Waals surface area contributed by atoms with Crippen molar-refractivity contribution in [1.82, 2.24) is 20.2 Å². The highest BCUT2D eigenvalue weighted by Crippen LogP contribution is 2.37. The number of aryl methyl sites for hydroxylation is 1. The van der Waals surface area contributed by atoms with Gasteiger partial charge in [-0.3, -0.25) is 4.79 Å². The van der Waals surface area contributed by atoms with E-state index in [1.54, 1.807) is 16.4 Å². The first-order chi connectivity index (χ1) is 11.8. The average molecular weight is 337 g/mol. The number of anilines is 1. The number of hydrogen-bond donors (Lipinski definition) is 1. The summed E-state index contributed by atoms with van der Waals surface area (Å²) < 4.78 is 1.56. The highest BCUT2D eigenvalue weighted by Gasteiger charge is 2.26. The van der Waals surface area contributed by atoms with Crippen LogP contribution in [0.25, 0.3) is 5.69 Å². The molecule has 0 fully saturated rings. The molecule has 1 aliphatic heterocycles. The van der Waals surface area contributed by atoms with Crippen molar-refractivity contribution < 1.29 is 4.79 Å². The Morgan fingerprint density at radius 2 is 2.12 bits per heavy atom. The van der Waals surface area contributed by atoms with Gasteiger partial charge in [0, 0.05) is 5.69 Å². The number of rotatable bonds is 3. The smallest absolute Gasteiger partial charge is 0.242 e. The molecular formula is C17H15N5OS. The van der Waals surface area contributed by atoms with Crippen LogP contribution in [0.4, 0.5) is 5.69 Å². The minimum absolute atomic E-state index is 0.000940. The Morgan fingerprint density at radius 1 is 1.21 bits per heavy atom. The molecule has 7 heteroatoms. The Morgan fingerprint density at radius 3 is 3.00 bits per heavy atom. The van der Waals surface area contributed by atoms with E-state index in [0.29, 0.717) is 0 Å². The molecule has 2 heterocycles. The van der Waals surface area contributed by atoms with E-state index in [-0.39, 0.29) is 11.2 Å². The fraction of sp³-hybridized carbons (Fsp3) is 0.176. The SMILES string of the molecule is O=C(Nc1cccc(-n2cnnn2)c1)[C@H]1SCCc2ccccc21. The molecule has 24 heavy (non-hydrogen) atoms. The number of tetrazole rings is 1. The highest BCUT2D eigenvalue weighted by atomic mass is 32.2. The number of carbonyl (C=O) groups excluding carboxylic acids is 1. The predicted octanol–water partition coefficient (Wildman–Crippen LogP) is 2.63. The molecule has 0 spiro atoms. The number of nitrogens with zero attached hydrogens (tertiary/aromatic N) is 4. The minimum Gasteiger partial charge on any atom is -0.325 e. The van der Waals surface area contributed by atoms with Crippen molar-refractivity contribution in [2.45, 2.75) is 11.7 Å². The highest BCUT2D eigenvalue weighted by molar-refractivity contribution is 8.00. The molecule has 0 bridgehead atoms. The Labute approximate surface area is 143 Å². The van der Waals surface area contributed by atoms with Gasteiger partial charge in [0.05, 0.1) is 5.69 Å². The van der Waals surface area contributed by atoms with E-state index in [4.69, 9.17) is 0 Å². The third-order valence-corrected chi connectivity index (χ3v) is 5.20. The van der Waals surface area contributed by atoms with Crippen LogP contribution in [0.15, 0.2) is 54.9 Å². The van der Waals surface area contributed by atoms with Gasteiger partial charge < -0.3 is 5.32 Å². The van der Waals surface area contributed by atoms with Crippen molar-refractivity contribution in [3.8, 4) is 5.69 Å². The fourth-order valence-electron chi connectivity index (χ4n) is 2.82. The molecule has 0 saturated carbocycles. The van der Waals surface area contributed by atoms with Crippen molar-refractivity contribution in [3.63, 3.8) is 0 Å². The molecule has 0 aliphatic carbocycles. The number of hydrogen-bond acceptors (Lipinski definition) is 5. The monoisotopic (exact) mass is 337 g/mol. The number of benzene rings is 2. The summed E-state index contributed by atoms with van der Waals surface area (Å²) >= 11 is 1.69. The van der Waals surface area contributed by atoms with Gasteiger partial charge in [-0.25, -0.2) is 4.68 Å². The van der Waals surface area contributed by atoms with Crippen LogP contribution in [0.1, 0.15) is 16.4 Å². The van der Waals surface area contributed by atoms with E-state index in [1.807, 2.05) is 42.5 Å². The van der Waals surface area contributed by atoms with Crippen molar-refractivity contribution in [3.05, 3.63) is 66.0 Å². The van der Waals surface area contributed by atoms with Crippen molar-refractivity contribution in [1.29, 1.82) is 0 Å². The van der Waals surface area contributed by atoms with Crippen LogP contribution in [-0.2, 0) is 11.2 Å². The van der Waals surface area contributed by atoms with E-state index < -0.39 is 0 Å². The maximum atomic E-state index is 12.7. The molecule has 4 rings (SSSR count). The van der Waals surface area contributed by atoms with E-state index >= 15 is 0 Å². The van der Waals surface area contributed by atoms with Crippen molar-refractivity contribution in [2.75, 3.05) is 11.1 Å². The maximum Gasteiger partial charge on any atom is 0.242 e. The quantitative estimate of drug-likeness (QED) is 0.795. The number of aromatic nitrogens is 4. The van der Waals surface area contributed by atoms with Gasteiger partial charge in [0.2, 0.25) is 5.91 Å². The summed E-state index contributed by atoms with van der Waals surface area (Å²) in [6.07, 6.45) is 2.54. The van der Waals surface area contributed by atoms with E-state index in [2.05, 4.69) is 26.9 Å². The van der Waals surface area contributed by atoms with Gasteiger partial charge in [0.15, 0.2) is 0 Å². The van der Waals surface area contributed by atoms with Crippen LogP contribution in [0.3, 0.4) is 0 Å². The molecule has 1 aromatic heterocycles. The normalized spacial score (nSPS) is 16.4. The molecule has 0 unspecified atom stereocenters. The average Bonchev–Trinajstić information content (AvgIpc) is 3.16. The molecule has 0 saturated heterocycles. The zero-order valence-electron chi connectivity index (χ0n) is 12.8. The lowest BCUT2D eigenvalue weighted by atomic mass is 10.0. The van der Waals surface area contributed by atoms with Gasteiger partial charge in [-0.2, -0.15) is 0 Å². The lowest BCUT2D eigenvalue weighted by Crippen LogP contribution is -2.23. The molecular weight excluding hydrogens is 322 g/mol. The minimum atomic E-state index is -0.174. The topological polar surface area (TPSA) is 72.7 Å². The summed E-state index contributed by atoms with van der Waals surface area (Å²) in [5.41, 5.74) is 3.91. The largest absolute Gasteiger partial charge is 0.325 e. The third kappa shape index (κ3) is 2.90. The van der Waals surface area contributed by atoms with Crippen LogP contribution < -0.4 is 5.32 Å². The lowest BCUT2D eigenvalue weighted by molar-refractivity contribution is -0.115. The summed E-state index contributed by atoms with van der Waals surface area (Å²) in [6, 6.07) is 15.6. The second-order valence-electron chi connectivity index (χ2n) is 5.49. The van der Waals surface area contributed by atoms with Crippen LogP contribution in [0.5, 0.6) is 0 Å². The van der Waals surface area contributed by atoms with E-state index in [9.17, 15) is 4.79 Å². The number of nitrogens with one attached hydrogen (secondary N) is 1. The summed E-state index contributed by atoms with van der Waals surface area (Å²) in [5, 5.41) is 14.0. The first kappa shape index (κ1) is 14.9. The number of thioether (sulfide) groups is 1. The van der Waals surface area contributed by atoms with Gasteiger partial charge in [-0.1, -0.05) is 30.3 Å². The molecule has 1 amide bonds. The molecule has 1 N–H and O–H groups in total. The lowest BCUT2D eigenvalue weighted by Gasteiger charge is -2.24. The number of amides is 1. The van der Waals surface area contributed by atoms with Crippen LogP contribution in [0.2, 0.25) is 0 Å². The second-order valence-corrected chi connectivity index (χ2v) is 6.71. The van der Waals surface area contributed by atoms with Gasteiger partial charge >= 0.3 is 0 Å². The van der Waals surface area contributed by atoms with Crippen molar-refractivity contribution in [2.24, 2.45) is 0 Å². The Bertz CT molecular complexity index is 865. The standard InChI is InChI=1S/C17H15N5OS/c23-17(16-15-7-2-1-4-12(15)8-9-24-16)19-13-5-3-6-14(10-13)22-11-18-20-21-22/h1-7,10-11,16H,8-9H2,(H,19,23)/t16-/m0/s1. The fourth-order valence-corrected chi connectivity index (χ4v) is 4.02. The van der Waals surface area contributed by atoms with Crippen LogP contribution in [0, 0.1) is 0 Å².